The number of hydrogen-bond donors (Lipinski definition) is 0. The van der Waals surface area contributed by atoms with E-state index >= 15 is 0 Å². The summed E-state index contributed by atoms with van der Waals surface area (Å²) in [5.41, 5.74) is 1.50. The van der Waals surface area contributed by atoms with Gasteiger partial charge in [-0.2, -0.15) is 0 Å². The first-order valence-electron chi connectivity index (χ1n) is 6.24. The van der Waals surface area contributed by atoms with Gasteiger partial charge in [-0.25, -0.2) is 0 Å². The van der Waals surface area contributed by atoms with Gasteiger partial charge in [0.05, 0.1) is 0 Å². The lowest BCUT2D eigenvalue weighted by molar-refractivity contribution is 0.556. The van der Waals surface area contributed by atoms with Gasteiger partial charge in [0.2, 0.25) is 0 Å². The van der Waals surface area contributed by atoms with Crippen LogP contribution in [0.25, 0.3) is 10.8 Å². The lowest BCUT2D eigenvalue weighted by Crippen LogP contribution is -1.91. The first-order chi connectivity index (χ1) is 7.77. The Morgan fingerprint density at radius 3 is 2.50 bits per heavy atom. The minimum absolute atomic E-state index is 0.815. The first kappa shape index (κ1) is 11.2. The Morgan fingerprint density at radius 1 is 0.938 bits per heavy atom. The standard InChI is InChI=1S/C16H20/c1-13(2)7-5-9-15-11-6-10-14-8-3-4-12-16(14)15/h3-4,6,8,10-13H,5,7,9H2,1-2H3. The van der Waals surface area contributed by atoms with Crippen LogP contribution in [0.3, 0.4) is 0 Å². The van der Waals surface area contributed by atoms with E-state index in [4.69, 9.17) is 0 Å². The van der Waals surface area contributed by atoms with E-state index in [-0.39, 0.29) is 0 Å². The molecule has 0 fully saturated rings. The number of hydrogen-bond acceptors (Lipinski definition) is 0. The summed E-state index contributed by atoms with van der Waals surface area (Å²) in [5.74, 6) is 0.815. The normalized spacial score (nSPS) is 11.2. The molecule has 0 radical (unpaired) electrons. The number of benzene rings is 2. The quantitative estimate of drug-likeness (QED) is 0.681. The Bertz CT molecular complexity index is 449. The zero-order valence-electron chi connectivity index (χ0n) is 10.2. The molecule has 0 spiro atoms. The van der Waals surface area contributed by atoms with Crippen molar-refractivity contribution in [2.45, 2.75) is 33.1 Å². The molecule has 0 aliphatic rings. The Kier molecular flexibility index (Phi) is 3.61. The van der Waals surface area contributed by atoms with Crippen molar-refractivity contribution in [3.63, 3.8) is 0 Å². The SMILES string of the molecule is CC(C)CCCc1cccc2ccccc12. The third-order valence-electron chi connectivity index (χ3n) is 3.11. The molecular formula is C16H20. The Morgan fingerprint density at radius 2 is 1.69 bits per heavy atom. The van der Waals surface area contributed by atoms with Crippen LogP contribution in [0, 0.1) is 5.92 Å². The van der Waals surface area contributed by atoms with E-state index in [2.05, 4.69) is 56.3 Å². The van der Waals surface area contributed by atoms with Gasteiger partial charge in [-0.1, -0.05) is 62.7 Å². The van der Waals surface area contributed by atoms with Crippen molar-refractivity contribution in [1.29, 1.82) is 0 Å². The summed E-state index contributed by atoms with van der Waals surface area (Å²) in [6.45, 7) is 4.59. The highest BCUT2D eigenvalue weighted by atomic mass is 14.1. The van der Waals surface area contributed by atoms with Crippen LogP contribution < -0.4 is 0 Å². The van der Waals surface area contributed by atoms with Crippen LogP contribution in [0.15, 0.2) is 42.5 Å². The molecule has 0 unspecified atom stereocenters. The van der Waals surface area contributed by atoms with Crippen LogP contribution in [-0.2, 0) is 6.42 Å². The molecule has 84 valence electrons. The predicted molar refractivity (Wildman–Crippen MR) is 71.7 cm³/mol. The zero-order valence-corrected chi connectivity index (χ0v) is 10.2. The van der Waals surface area contributed by atoms with Gasteiger partial charge in [0.15, 0.2) is 0 Å². The van der Waals surface area contributed by atoms with Gasteiger partial charge < -0.3 is 0 Å². The van der Waals surface area contributed by atoms with Crippen LogP contribution in [0.1, 0.15) is 32.3 Å². The number of fused-ring (bicyclic) bond motifs is 1. The summed E-state index contributed by atoms with van der Waals surface area (Å²) < 4.78 is 0. The summed E-state index contributed by atoms with van der Waals surface area (Å²) >= 11 is 0. The molecule has 2 rings (SSSR count). The van der Waals surface area contributed by atoms with Crippen LogP contribution in [-0.4, -0.2) is 0 Å². The maximum absolute atomic E-state index is 2.29. The van der Waals surface area contributed by atoms with Crippen molar-refractivity contribution in [3.05, 3.63) is 48.0 Å². The van der Waals surface area contributed by atoms with E-state index in [1.165, 1.54) is 35.6 Å². The second-order valence-corrected chi connectivity index (χ2v) is 4.92. The van der Waals surface area contributed by atoms with Gasteiger partial charge in [-0.3, -0.25) is 0 Å². The van der Waals surface area contributed by atoms with E-state index in [1.54, 1.807) is 0 Å². The Balaban J connectivity index is 2.17. The second-order valence-electron chi connectivity index (χ2n) is 4.92. The monoisotopic (exact) mass is 212 g/mol. The minimum Gasteiger partial charge on any atom is -0.0628 e. The van der Waals surface area contributed by atoms with Gasteiger partial charge in [0.1, 0.15) is 0 Å². The van der Waals surface area contributed by atoms with Gasteiger partial charge in [-0.05, 0) is 35.1 Å². The van der Waals surface area contributed by atoms with E-state index in [0.29, 0.717) is 0 Å². The number of rotatable bonds is 4. The first-order valence-corrected chi connectivity index (χ1v) is 6.24. The van der Waals surface area contributed by atoms with Crippen molar-refractivity contribution in [1.82, 2.24) is 0 Å². The molecule has 2 aromatic carbocycles. The smallest absolute Gasteiger partial charge is 0.0152 e. The molecule has 16 heavy (non-hydrogen) atoms. The molecule has 0 aliphatic heterocycles. The predicted octanol–water partition coefficient (Wildman–Crippen LogP) is 4.82. The van der Waals surface area contributed by atoms with Gasteiger partial charge in [0.25, 0.3) is 0 Å². The second kappa shape index (κ2) is 5.16. The Hall–Kier alpha value is -1.30. The molecule has 0 aliphatic carbocycles. The molecule has 0 heteroatoms. The summed E-state index contributed by atoms with van der Waals surface area (Å²) in [4.78, 5) is 0. The van der Waals surface area contributed by atoms with E-state index in [9.17, 15) is 0 Å². The Labute approximate surface area is 98.3 Å². The van der Waals surface area contributed by atoms with Crippen LogP contribution in [0.5, 0.6) is 0 Å². The summed E-state index contributed by atoms with van der Waals surface area (Å²) in [6, 6.07) is 15.3. The van der Waals surface area contributed by atoms with Crippen LogP contribution in [0.4, 0.5) is 0 Å². The van der Waals surface area contributed by atoms with Crippen LogP contribution >= 0.6 is 0 Å². The lowest BCUT2D eigenvalue weighted by Gasteiger charge is -2.07. The van der Waals surface area contributed by atoms with Crippen molar-refractivity contribution in [3.8, 4) is 0 Å². The highest BCUT2D eigenvalue weighted by molar-refractivity contribution is 5.85. The van der Waals surface area contributed by atoms with Crippen LogP contribution in [0.2, 0.25) is 0 Å². The largest absolute Gasteiger partial charge is 0.0628 e. The maximum atomic E-state index is 2.29. The highest BCUT2D eigenvalue weighted by Gasteiger charge is 2.00. The zero-order chi connectivity index (χ0) is 11.4. The molecule has 0 saturated carbocycles. The fourth-order valence-electron chi connectivity index (χ4n) is 2.21. The maximum Gasteiger partial charge on any atom is -0.0152 e. The average Bonchev–Trinajstić information content (AvgIpc) is 2.29. The molecule has 0 atom stereocenters. The van der Waals surface area contributed by atoms with Crippen molar-refractivity contribution in [2.24, 2.45) is 5.92 Å². The lowest BCUT2D eigenvalue weighted by atomic mass is 9.98. The van der Waals surface area contributed by atoms with Crippen molar-refractivity contribution < 1.29 is 0 Å². The third-order valence-corrected chi connectivity index (χ3v) is 3.11. The van der Waals surface area contributed by atoms with Crippen molar-refractivity contribution >= 4 is 10.8 Å². The molecular weight excluding hydrogens is 192 g/mol. The number of aryl methyl sites for hydroxylation is 1. The van der Waals surface area contributed by atoms with Gasteiger partial charge in [-0.15, -0.1) is 0 Å². The van der Waals surface area contributed by atoms with Gasteiger partial charge >= 0.3 is 0 Å². The molecule has 0 aromatic heterocycles. The van der Waals surface area contributed by atoms with E-state index < -0.39 is 0 Å². The molecule has 0 heterocycles. The van der Waals surface area contributed by atoms with E-state index in [0.717, 1.165) is 5.92 Å². The van der Waals surface area contributed by atoms with E-state index in [1.807, 2.05) is 0 Å². The molecule has 0 N–H and O–H groups in total. The highest BCUT2D eigenvalue weighted by Crippen LogP contribution is 2.20. The molecule has 0 nitrogen and oxygen atoms in total. The minimum atomic E-state index is 0.815. The topological polar surface area (TPSA) is 0 Å². The summed E-state index contributed by atoms with van der Waals surface area (Å²) in [5, 5.41) is 2.79. The van der Waals surface area contributed by atoms with Gasteiger partial charge in [0, 0.05) is 0 Å². The third kappa shape index (κ3) is 2.63. The molecule has 0 bridgehead atoms. The molecule has 2 aromatic rings. The summed E-state index contributed by atoms with van der Waals surface area (Å²) in [6.07, 6.45) is 3.83. The molecule has 0 saturated heterocycles. The fraction of sp³-hybridized carbons (Fsp3) is 0.375. The fourth-order valence-corrected chi connectivity index (χ4v) is 2.21. The van der Waals surface area contributed by atoms with Crippen molar-refractivity contribution in [2.75, 3.05) is 0 Å². The summed E-state index contributed by atoms with van der Waals surface area (Å²) in [7, 11) is 0. The molecule has 0 amide bonds. The average molecular weight is 212 g/mol.